The molecule has 3 rings (SSSR count). The average molecular weight is 406 g/mol. The van der Waals surface area contributed by atoms with Crippen LogP contribution in [0.15, 0.2) is 18.2 Å². The number of hydrogen-bond acceptors (Lipinski definition) is 4. The van der Waals surface area contributed by atoms with Gasteiger partial charge in [-0.3, -0.25) is 14.5 Å². The van der Waals surface area contributed by atoms with Crippen molar-refractivity contribution in [2.24, 2.45) is 5.92 Å². The predicted octanol–water partition coefficient (Wildman–Crippen LogP) is 2.65. The molecule has 2 N–H and O–H groups in total. The van der Waals surface area contributed by atoms with Crippen LogP contribution in [0.4, 0.5) is 4.39 Å². The molecule has 1 aromatic carbocycles. The molecule has 29 heavy (non-hydrogen) atoms. The van der Waals surface area contributed by atoms with Gasteiger partial charge in [0.2, 0.25) is 11.8 Å². The second-order valence-corrected chi connectivity index (χ2v) is 8.14. The number of rotatable bonds is 3. The van der Waals surface area contributed by atoms with Crippen LogP contribution < -0.4 is 5.32 Å². The third-order valence-corrected chi connectivity index (χ3v) is 6.00. The van der Waals surface area contributed by atoms with E-state index in [1.807, 2.05) is 4.90 Å². The van der Waals surface area contributed by atoms with E-state index in [1.165, 1.54) is 6.07 Å². The quantitative estimate of drug-likeness (QED) is 0.811. The Balaban J connectivity index is 1.52. The summed E-state index contributed by atoms with van der Waals surface area (Å²) < 4.78 is 13.5. The molecule has 0 atom stereocenters. The summed E-state index contributed by atoms with van der Waals surface area (Å²) >= 11 is 0. The molecule has 2 amide bonds. The molecule has 0 spiro atoms. The van der Waals surface area contributed by atoms with Crippen molar-refractivity contribution in [1.29, 1.82) is 0 Å². The number of carbonyl (C=O) groups is 2. The Morgan fingerprint density at radius 1 is 1.10 bits per heavy atom. The number of nitrogens with zero attached hydrogens (tertiary/aromatic N) is 2. The number of nitrogens with one attached hydrogen (secondary N) is 1. The van der Waals surface area contributed by atoms with Gasteiger partial charge >= 0.3 is 0 Å². The number of aromatic hydroxyl groups is 1. The summed E-state index contributed by atoms with van der Waals surface area (Å²) in [5.74, 6) is -0.732. The molecular formula is C22H32FN3O3. The standard InChI is InChI=1S/C22H32FN3O3/c23-19-7-5-6-18(21(19)28)16-25-13-8-17(9-14-25)22(29)26-12-4-2-1-3-11-24-20(27)10-15-26/h5-7,17,28H,1-4,8-16H2,(H,24,27). The molecule has 2 saturated heterocycles. The van der Waals surface area contributed by atoms with Gasteiger partial charge in [-0.05, 0) is 44.8 Å². The van der Waals surface area contributed by atoms with Crippen LogP contribution in [0, 0.1) is 11.7 Å². The van der Waals surface area contributed by atoms with E-state index in [1.54, 1.807) is 12.1 Å². The van der Waals surface area contributed by atoms with Crippen molar-refractivity contribution in [3.8, 4) is 5.75 Å². The highest BCUT2D eigenvalue weighted by Gasteiger charge is 2.29. The molecule has 0 aromatic heterocycles. The molecule has 0 unspecified atom stereocenters. The summed E-state index contributed by atoms with van der Waals surface area (Å²) in [6.07, 6.45) is 6.00. The molecule has 160 valence electrons. The number of phenols is 1. The SMILES string of the molecule is O=C1CCN(C(=O)C2CCN(Cc3cccc(F)c3O)CC2)CCCCCCN1. The Labute approximate surface area is 172 Å². The Morgan fingerprint density at radius 2 is 1.86 bits per heavy atom. The summed E-state index contributed by atoms with van der Waals surface area (Å²) in [6.45, 7) is 3.90. The lowest BCUT2D eigenvalue weighted by atomic mass is 9.94. The molecule has 0 saturated carbocycles. The first kappa shape index (κ1) is 21.6. The van der Waals surface area contributed by atoms with Gasteiger partial charge in [-0.15, -0.1) is 0 Å². The first-order valence-corrected chi connectivity index (χ1v) is 10.8. The van der Waals surface area contributed by atoms with Crippen molar-refractivity contribution in [2.45, 2.75) is 51.5 Å². The lowest BCUT2D eigenvalue weighted by molar-refractivity contribution is -0.137. The third-order valence-electron chi connectivity index (χ3n) is 6.00. The number of likely N-dealkylation sites (tertiary alicyclic amines) is 1. The average Bonchev–Trinajstić information content (AvgIpc) is 2.77. The number of para-hydroxylation sites is 1. The Hall–Kier alpha value is -2.15. The van der Waals surface area contributed by atoms with E-state index < -0.39 is 5.82 Å². The van der Waals surface area contributed by atoms with E-state index in [0.29, 0.717) is 25.1 Å². The maximum atomic E-state index is 13.5. The number of halogens is 1. The molecule has 0 bridgehead atoms. The van der Waals surface area contributed by atoms with Gasteiger partial charge in [0, 0.05) is 44.1 Å². The monoisotopic (exact) mass is 405 g/mol. The minimum atomic E-state index is -0.601. The van der Waals surface area contributed by atoms with Crippen molar-refractivity contribution >= 4 is 11.8 Å². The highest BCUT2D eigenvalue weighted by molar-refractivity contribution is 5.80. The second kappa shape index (κ2) is 10.6. The summed E-state index contributed by atoms with van der Waals surface area (Å²) in [5.41, 5.74) is 0.577. The van der Waals surface area contributed by atoms with Gasteiger partial charge in [0.25, 0.3) is 0 Å². The molecule has 1 aromatic rings. The van der Waals surface area contributed by atoms with E-state index in [9.17, 15) is 19.1 Å². The minimum Gasteiger partial charge on any atom is -0.505 e. The van der Waals surface area contributed by atoms with Crippen LogP contribution in [-0.4, -0.2) is 59.4 Å². The van der Waals surface area contributed by atoms with Gasteiger partial charge < -0.3 is 15.3 Å². The third kappa shape index (κ3) is 6.16. The molecule has 2 aliphatic rings. The van der Waals surface area contributed by atoms with E-state index in [4.69, 9.17) is 0 Å². The fourth-order valence-corrected chi connectivity index (χ4v) is 4.19. The normalized spacial score (nSPS) is 20.7. The zero-order valence-corrected chi connectivity index (χ0v) is 17.0. The van der Waals surface area contributed by atoms with Crippen LogP contribution in [-0.2, 0) is 16.1 Å². The van der Waals surface area contributed by atoms with Gasteiger partial charge in [0.15, 0.2) is 11.6 Å². The van der Waals surface area contributed by atoms with Gasteiger partial charge in [0.1, 0.15) is 0 Å². The summed E-state index contributed by atoms with van der Waals surface area (Å²) in [7, 11) is 0. The lowest BCUT2D eigenvalue weighted by Gasteiger charge is -2.34. The number of benzene rings is 1. The fraction of sp³-hybridized carbons (Fsp3) is 0.636. The highest BCUT2D eigenvalue weighted by Crippen LogP contribution is 2.26. The molecule has 0 radical (unpaired) electrons. The zero-order chi connectivity index (χ0) is 20.6. The smallest absolute Gasteiger partial charge is 0.225 e. The van der Waals surface area contributed by atoms with Gasteiger partial charge in [-0.1, -0.05) is 25.0 Å². The van der Waals surface area contributed by atoms with E-state index in [0.717, 1.165) is 64.7 Å². The van der Waals surface area contributed by atoms with Crippen molar-refractivity contribution in [3.63, 3.8) is 0 Å². The van der Waals surface area contributed by atoms with E-state index >= 15 is 0 Å². The fourth-order valence-electron chi connectivity index (χ4n) is 4.19. The topological polar surface area (TPSA) is 72.9 Å². The van der Waals surface area contributed by atoms with Gasteiger partial charge in [0.05, 0.1) is 0 Å². The van der Waals surface area contributed by atoms with Crippen LogP contribution in [0.1, 0.15) is 50.5 Å². The minimum absolute atomic E-state index is 0.0226. The molecule has 0 aliphatic carbocycles. The van der Waals surface area contributed by atoms with Gasteiger partial charge in [-0.25, -0.2) is 4.39 Å². The first-order valence-electron chi connectivity index (χ1n) is 10.8. The van der Waals surface area contributed by atoms with E-state index in [-0.39, 0.29) is 23.5 Å². The molecule has 6 nitrogen and oxygen atoms in total. The Morgan fingerprint density at radius 3 is 2.66 bits per heavy atom. The number of hydrogen-bond donors (Lipinski definition) is 2. The first-order chi connectivity index (χ1) is 14.0. The van der Waals surface area contributed by atoms with Crippen LogP contribution >= 0.6 is 0 Å². The number of piperidine rings is 1. The maximum absolute atomic E-state index is 13.5. The summed E-state index contributed by atoms with van der Waals surface area (Å²) in [6, 6.07) is 4.58. The molecule has 7 heteroatoms. The molecule has 2 fully saturated rings. The van der Waals surface area contributed by atoms with Crippen molar-refractivity contribution in [2.75, 3.05) is 32.7 Å². The second-order valence-electron chi connectivity index (χ2n) is 8.14. The summed E-state index contributed by atoms with van der Waals surface area (Å²) in [4.78, 5) is 29.0. The number of amides is 2. The van der Waals surface area contributed by atoms with Crippen LogP contribution in [0.3, 0.4) is 0 Å². The van der Waals surface area contributed by atoms with Crippen molar-refractivity contribution < 1.29 is 19.1 Å². The lowest BCUT2D eigenvalue weighted by Crippen LogP contribution is -2.43. The van der Waals surface area contributed by atoms with Crippen LogP contribution in [0.2, 0.25) is 0 Å². The van der Waals surface area contributed by atoms with Crippen molar-refractivity contribution in [3.05, 3.63) is 29.6 Å². The van der Waals surface area contributed by atoms with Crippen molar-refractivity contribution in [1.82, 2.24) is 15.1 Å². The molecule has 2 aliphatic heterocycles. The largest absolute Gasteiger partial charge is 0.505 e. The molecule has 2 heterocycles. The summed E-state index contributed by atoms with van der Waals surface area (Å²) in [5, 5.41) is 12.8. The Bertz CT molecular complexity index is 705. The predicted molar refractivity (Wildman–Crippen MR) is 109 cm³/mol. The number of carbonyl (C=O) groups excluding carboxylic acids is 2. The van der Waals surface area contributed by atoms with E-state index in [2.05, 4.69) is 10.2 Å². The van der Waals surface area contributed by atoms with Crippen LogP contribution in [0.5, 0.6) is 5.75 Å². The number of phenolic OH excluding ortho intramolecular Hbond substituents is 1. The Kier molecular flexibility index (Phi) is 7.86. The van der Waals surface area contributed by atoms with Gasteiger partial charge in [-0.2, -0.15) is 0 Å². The maximum Gasteiger partial charge on any atom is 0.225 e. The highest BCUT2D eigenvalue weighted by atomic mass is 19.1. The van der Waals surface area contributed by atoms with Crippen LogP contribution in [0.25, 0.3) is 0 Å². The molecular weight excluding hydrogens is 373 g/mol. The zero-order valence-electron chi connectivity index (χ0n) is 17.0.